The van der Waals surface area contributed by atoms with Crippen molar-refractivity contribution in [3.63, 3.8) is 0 Å². The number of hydrogen-bond acceptors (Lipinski definition) is 5. The van der Waals surface area contributed by atoms with Gasteiger partial charge in [-0.25, -0.2) is 0 Å². The largest absolute Gasteiger partial charge is 0.491 e. The number of nitrogens with one attached hydrogen (secondary N) is 3. The first-order valence-electron chi connectivity index (χ1n) is 6.71. The summed E-state index contributed by atoms with van der Waals surface area (Å²) in [6, 6.07) is 5.99. The summed E-state index contributed by atoms with van der Waals surface area (Å²) in [6.07, 6.45) is 1.32. The summed E-state index contributed by atoms with van der Waals surface area (Å²) < 4.78 is 10.1. The fourth-order valence-corrected chi connectivity index (χ4v) is 2.10. The predicted octanol–water partition coefficient (Wildman–Crippen LogP) is 0.967. The molecule has 0 unspecified atom stereocenters. The van der Waals surface area contributed by atoms with Crippen molar-refractivity contribution in [1.29, 1.82) is 0 Å². The number of carbonyl (C=O) groups excluding carboxylic acids is 2. The Balaban J connectivity index is 1.79. The predicted molar refractivity (Wildman–Crippen MR) is 82.1 cm³/mol. The molecule has 118 valence electrons. The molecule has 0 spiro atoms. The van der Waals surface area contributed by atoms with Gasteiger partial charge in [-0.3, -0.25) is 14.4 Å². The summed E-state index contributed by atoms with van der Waals surface area (Å²) in [5.74, 6) is -0.125. The Morgan fingerprint density at radius 1 is 1.30 bits per heavy atom. The number of fused-ring (bicyclic) bond motifs is 1. The van der Waals surface area contributed by atoms with E-state index in [9.17, 15) is 14.4 Å². The lowest BCUT2D eigenvalue weighted by Crippen LogP contribution is -2.25. The maximum Gasteiger partial charge on any atom is 0.272 e. The zero-order chi connectivity index (χ0) is 16.4. The van der Waals surface area contributed by atoms with Crippen molar-refractivity contribution in [3.8, 4) is 11.5 Å². The number of amides is 2. The Bertz CT molecular complexity index is 843. The third-order valence-electron chi connectivity index (χ3n) is 3.21. The molecule has 23 heavy (non-hydrogen) atoms. The van der Waals surface area contributed by atoms with Crippen LogP contribution in [0.4, 0.5) is 11.4 Å². The lowest BCUT2D eigenvalue weighted by Gasteiger charge is -2.18. The molecular formula is C15H13N3O5. The van der Waals surface area contributed by atoms with Crippen molar-refractivity contribution in [1.82, 2.24) is 4.98 Å². The third-order valence-corrected chi connectivity index (χ3v) is 3.21. The Morgan fingerprint density at radius 3 is 2.87 bits per heavy atom. The molecule has 8 nitrogen and oxygen atoms in total. The van der Waals surface area contributed by atoms with Crippen molar-refractivity contribution in [2.75, 3.05) is 24.4 Å². The monoisotopic (exact) mass is 315 g/mol. The van der Waals surface area contributed by atoms with Crippen molar-refractivity contribution >= 4 is 23.2 Å². The van der Waals surface area contributed by atoms with Crippen LogP contribution in [0.25, 0.3) is 0 Å². The molecule has 2 heterocycles. The van der Waals surface area contributed by atoms with Crippen LogP contribution < -0.4 is 25.5 Å². The molecule has 0 saturated heterocycles. The fourth-order valence-electron chi connectivity index (χ4n) is 2.10. The quantitative estimate of drug-likeness (QED) is 0.782. The van der Waals surface area contributed by atoms with Crippen LogP contribution in [0.5, 0.6) is 11.5 Å². The maximum atomic E-state index is 12.2. The van der Waals surface area contributed by atoms with Gasteiger partial charge in [0, 0.05) is 24.0 Å². The van der Waals surface area contributed by atoms with Gasteiger partial charge in [-0.05, 0) is 12.1 Å². The van der Waals surface area contributed by atoms with Gasteiger partial charge in [-0.15, -0.1) is 0 Å². The van der Waals surface area contributed by atoms with Gasteiger partial charge in [0.05, 0.1) is 12.8 Å². The van der Waals surface area contributed by atoms with Crippen LogP contribution in [0.2, 0.25) is 0 Å². The number of anilines is 2. The van der Waals surface area contributed by atoms with E-state index >= 15 is 0 Å². The highest BCUT2D eigenvalue weighted by molar-refractivity contribution is 6.03. The van der Waals surface area contributed by atoms with Crippen LogP contribution in [0.15, 0.2) is 35.3 Å². The third kappa shape index (κ3) is 3.00. The fraction of sp³-hybridized carbons (Fsp3) is 0.133. The summed E-state index contributed by atoms with van der Waals surface area (Å²) >= 11 is 0. The van der Waals surface area contributed by atoms with E-state index in [1.165, 1.54) is 13.3 Å². The van der Waals surface area contributed by atoms with E-state index in [2.05, 4.69) is 15.6 Å². The molecule has 1 aliphatic heterocycles. The molecule has 1 aromatic heterocycles. The van der Waals surface area contributed by atoms with E-state index in [1.807, 2.05) is 0 Å². The number of H-pyrrole nitrogens is 1. The summed E-state index contributed by atoms with van der Waals surface area (Å²) in [5, 5.41) is 5.30. The molecule has 0 fully saturated rings. The molecular weight excluding hydrogens is 302 g/mol. The topological polar surface area (TPSA) is 110 Å². The lowest BCUT2D eigenvalue weighted by molar-refractivity contribution is -0.118. The second kappa shape index (κ2) is 5.84. The number of methoxy groups -OCH3 is 1. The molecule has 1 aromatic carbocycles. The van der Waals surface area contributed by atoms with Gasteiger partial charge in [-0.2, -0.15) is 0 Å². The molecule has 3 N–H and O–H groups in total. The zero-order valence-electron chi connectivity index (χ0n) is 12.1. The second-order valence-corrected chi connectivity index (χ2v) is 4.78. The standard InChI is InChI=1S/C15H13N3O5/c1-22-13-6-16-10(5-11(13)19)15(21)17-8-2-3-9-12(4-8)23-7-14(20)18-9/h2-6H,7H2,1H3,(H,16,19)(H,17,21)(H,18,20). The SMILES string of the molecule is COc1c[nH]c(C(=O)Nc2ccc3c(c2)OCC(=O)N3)cc1=O. The average Bonchev–Trinajstić information content (AvgIpc) is 2.55. The van der Waals surface area contributed by atoms with Gasteiger partial charge in [0.2, 0.25) is 5.43 Å². The van der Waals surface area contributed by atoms with Crippen molar-refractivity contribution in [3.05, 3.63) is 46.4 Å². The van der Waals surface area contributed by atoms with E-state index < -0.39 is 11.3 Å². The molecule has 1 aliphatic rings. The highest BCUT2D eigenvalue weighted by atomic mass is 16.5. The number of benzene rings is 1. The van der Waals surface area contributed by atoms with Crippen molar-refractivity contribution in [2.24, 2.45) is 0 Å². The molecule has 0 atom stereocenters. The van der Waals surface area contributed by atoms with Crippen molar-refractivity contribution in [2.45, 2.75) is 0 Å². The summed E-state index contributed by atoms with van der Waals surface area (Å²) in [7, 11) is 1.37. The Morgan fingerprint density at radius 2 is 2.13 bits per heavy atom. The van der Waals surface area contributed by atoms with Crippen molar-refractivity contribution < 1.29 is 19.1 Å². The van der Waals surface area contributed by atoms with Crippen LogP contribution >= 0.6 is 0 Å². The highest BCUT2D eigenvalue weighted by Crippen LogP contribution is 2.30. The van der Waals surface area contributed by atoms with Gasteiger partial charge in [0.25, 0.3) is 11.8 Å². The molecule has 8 heteroatoms. The van der Waals surface area contributed by atoms with Crippen LogP contribution in [0, 0.1) is 0 Å². The number of pyridine rings is 1. The smallest absolute Gasteiger partial charge is 0.272 e. The highest BCUT2D eigenvalue weighted by Gasteiger charge is 2.17. The Kier molecular flexibility index (Phi) is 3.71. The minimum absolute atomic E-state index is 0.0732. The van der Waals surface area contributed by atoms with Crippen LogP contribution in [0.1, 0.15) is 10.5 Å². The average molecular weight is 315 g/mol. The number of hydrogen-bond donors (Lipinski definition) is 3. The first-order chi connectivity index (χ1) is 11.1. The van der Waals surface area contributed by atoms with E-state index in [4.69, 9.17) is 9.47 Å². The van der Waals surface area contributed by atoms with E-state index in [0.29, 0.717) is 17.1 Å². The molecule has 0 bridgehead atoms. The van der Waals surface area contributed by atoms with Gasteiger partial charge < -0.3 is 25.1 Å². The van der Waals surface area contributed by atoms with Gasteiger partial charge in [0.1, 0.15) is 11.4 Å². The van der Waals surface area contributed by atoms with Crippen LogP contribution in [0.3, 0.4) is 0 Å². The molecule has 0 saturated carbocycles. The normalized spacial score (nSPS) is 12.7. The Hall–Kier alpha value is -3.29. The second-order valence-electron chi connectivity index (χ2n) is 4.78. The minimum Gasteiger partial charge on any atom is -0.491 e. The molecule has 2 aromatic rings. The molecule has 3 rings (SSSR count). The number of aromatic nitrogens is 1. The molecule has 2 amide bonds. The summed E-state index contributed by atoms with van der Waals surface area (Å²) in [4.78, 5) is 37.7. The number of rotatable bonds is 3. The van der Waals surface area contributed by atoms with Gasteiger partial charge in [-0.1, -0.05) is 0 Å². The minimum atomic E-state index is -0.482. The van der Waals surface area contributed by atoms with E-state index in [-0.39, 0.29) is 24.0 Å². The number of carbonyl (C=O) groups is 2. The van der Waals surface area contributed by atoms with E-state index in [0.717, 1.165) is 6.07 Å². The number of aromatic amines is 1. The zero-order valence-corrected chi connectivity index (χ0v) is 12.1. The van der Waals surface area contributed by atoms with Crippen LogP contribution in [-0.2, 0) is 4.79 Å². The first kappa shape index (κ1) is 14.6. The van der Waals surface area contributed by atoms with E-state index in [1.54, 1.807) is 18.2 Å². The first-order valence-corrected chi connectivity index (χ1v) is 6.71. The Labute approximate surface area is 130 Å². The maximum absolute atomic E-state index is 12.2. The van der Waals surface area contributed by atoms with Crippen LogP contribution in [-0.4, -0.2) is 30.5 Å². The summed E-state index contributed by atoms with van der Waals surface area (Å²) in [6.45, 7) is -0.0732. The molecule has 0 radical (unpaired) electrons. The number of ether oxygens (including phenoxy) is 2. The molecule has 0 aliphatic carbocycles. The lowest BCUT2D eigenvalue weighted by atomic mass is 10.2. The van der Waals surface area contributed by atoms with Gasteiger partial charge >= 0.3 is 0 Å². The van der Waals surface area contributed by atoms with Gasteiger partial charge in [0.15, 0.2) is 12.4 Å². The summed E-state index contributed by atoms with van der Waals surface area (Å²) in [5.41, 5.74) is 0.717.